The zero-order valence-corrected chi connectivity index (χ0v) is 12.6. The number of halogens is 2. The van der Waals surface area contributed by atoms with Gasteiger partial charge in [0.05, 0.1) is 0 Å². The molecule has 2 aromatic rings. The maximum atomic E-state index is 13.8. The second-order valence-electron chi connectivity index (χ2n) is 5.70. The number of nitrogens with zero attached hydrogens (tertiary/aromatic N) is 1. The average molecular weight is 301 g/mol. The molecular formula is C18H17F2NO. The summed E-state index contributed by atoms with van der Waals surface area (Å²) in [5.74, 6) is -0.722. The van der Waals surface area contributed by atoms with Gasteiger partial charge in [-0.3, -0.25) is 4.79 Å². The fraction of sp³-hybridized carbons (Fsp3) is 0.278. The highest BCUT2D eigenvalue weighted by atomic mass is 19.1. The standard InChI is InChI=1S/C18H17F2NO/c1-11-10-12(6-8-16(11)19)21(2)18(22)15-7-9-17(20)14-5-3-4-13(14)15/h6-10H,3-5H2,1-2H3. The van der Waals surface area contributed by atoms with Crippen LogP contribution in [-0.2, 0) is 12.8 Å². The third-order valence-electron chi connectivity index (χ3n) is 4.29. The largest absolute Gasteiger partial charge is 0.311 e. The third kappa shape index (κ3) is 2.39. The first-order valence-corrected chi connectivity index (χ1v) is 7.33. The normalized spacial score (nSPS) is 13.1. The fourth-order valence-corrected chi connectivity index (χ4v) is 3.00. The Bertz CT molecular complexity index is 755. The average Bonchev–Trinajstić information content (AvgIpc) is 2.99. The van der Waals surface area contributed by atoms with E-state index in [9.17, 15) is 13.6 Å². The van der Waals surface area contributed by atoms with Gasteiger partial charge in [-0.1, -0.05) is 0 Å². The van der Waals surface area contributed by atoms with Gasteiger partial charge < -0.3 is 4.90 Å². The molecule has 0 aromatic heterocycles. The van der Waals surface area contributed by atoms with Crippen molar-refractivity contribution in [1.29, 1.82) is 0 Å². The number of carbonyl (C=O) groups excluding carboxylic acids is 1. The van der Waals surface area contributed by atoms with E-state index in [1.165, 1.54) is 17.0 Å². The van der Waals surface area contributed by atoms with E-state index in [0.717, 1.165) is 18.4 Å². The highest BCUT2D eigenvalue weighted by molar-refractivity contribution is 6.07. The number of anilines is 1. The van der Waals surface area contributed by atoms with E-state index >= 15 is 0 Å². The van der Waals surface area contributed by atoms with E-state index in [1.807, 2.05) is 0 Å². The molecule has 0 spiro atoms. The lowest BCUT2D eigenvalue weighted by atomic mass is 10.0. The summed E-state index contributed by atoms with van der Waals surface area (Å²) in [5, 5.41) is 0. The zero-order chi connectivity index (χ0) is 15.9. The lowest BCUT2D eigenvalue weighted by Gasteiger charge is -2.20. The summed E-state index contributed by atoms with van der Waals surface area (Å²) >= 11 is 0. The van der Waals surface area contributed by atoms with Gasteiger partial charge in [-0.2, -0.15) is 0 Å². The Labute approximate surface area is 128 Å². The third-order valence-corrected chi connectivity index (χ3v) is 4.29. The first kappa shape index (κ1) is 14.7. The lowest BCUT2D eigenvalue weighted by molar-refractivity contribution is 0.0992. The molecule has 0 fully saturated rings. The summed E-state index contributed by atoms with van der Waals surface area (Å²) in [6.45, 7) is 1.66. The molecule has 0 saturated heterocycles. The van der Waals surface area contributed by atoms with E-state index < -0.39 is 0 Å². The van der Waals surface area contributed by atoms with Crippen molar-refractivity contribution in [3.8, 4) is 0 Å². The van der Waals surface area contributed by atoms with Crippen LogP contribution in [0.5, 0.6) is 0 Å². The number of aryl methyl sites for hydroxylation is 1. The maximum Gasteiger partial charge on any atom is 0.258 e. The molecule has 114 valence electrons. The molecule has 1 aliphatic carbocycles. The zero-order valence-electron chi connectivity index (χ0n) is 12.6. The minimum absolute atomic E-state index is 0.191. The van der Waals surface area contributed by atoms with E-state index in [2.05, 4.69) is 0 Å². The molecule has 0 atom stereocenters. The molecule has 0 N–H and O–H groups in total. The molecular weight excluding hydrogens is 284 g/mol. The van der Waals surface area contributed by atoms with Crippen LogP contribution in [0.3, 0.4) is 0 Å². The van der Waals surface area contributed by atoms with Crippen molar-refractivity contribution in [2.75, 3.05) is 11.9 Å². The summed E-state index contributed by atoms with van der Waals surface area (Å²) in [4.78, 5) is 14.2. The molecule has 3 rings (SSSR count). The van der Waals surface area contributed by atoms with E-state index in [0.29, 0.717) is 28.8 Å². The smallest absolute Gasteiger partial charge is 0.258 e. The number of fused-ring (bicyclic) bond motifs is 1. The number of rotatable bonds is 2. The Hall–Kier alpha value is -2.23. The van der Waals surface area contributed by atoms with Crippen LogP contribution in [0, 0.1) is 18.6 Å². The second-order valence-corrected chi connectivity index (χ2v) is 5.70. The lowest BCUT2D eigenvalue weighted by Crippen LogP contribution is -2.27. The first-order valence-electron chi connectivity index (χ1n) is 7.33. The minimum Gasteiger partial charge on any atom is -0.311 e. The Morgan fingerprint density at radius 3 is 2.45 bits per heavy atom. The summed E-state index contributed by atoms with van der Waals surface area (Å²) < 4.78 is 27.2. The molecule has 22 heavy (non-hydrogen) atoms. The molecule has 0 unspecified atom stereocenters. The van der Waals surface area contributed by atoms with Crippen LogP contribution in [0.4, 0.5) is 14.5 Å². The number of carbonyl (C=O) groups is 1. The van der Waals surface area contributed by atoms with Gasteiger partial charge in [0.15, 0.2) is 0 Å². The fourth-order valence-electron chi connectivity index (χ4n) is 3.00. The second kappa shape index (κ2) is 5.52. The highest BCUT2D eigenvalue weighted by Gasteiger charge is 2.24. The van der Waals surface area contributed by atoms with Crippen molar-refractivity contribution >= 4 is 11.6 Å². The van der Waals surface area contributed by atoms with Gasteiger partial charge in [-0.05, 0) is 73.2 Å². The predicted molar refractivity (Wildman–Crippen MR) is 82.3 cm³/mol. The number of hydrogen-bond donors (Lipinski definition) is 0. The van der Waals surface area contributed by atoms with Gasteiger partial charge in [-0.15, -0.1) is 0 Å². The van der Waals surface area contributed by atoms with Crippen molar-refractivity contribution in [3.05, 3.63) is 64.2 Å². The molecule has 2 aromatic carbocycles. The Morgan fingerprint density at radius 2 is 1.73 bits per heavy atom. The Balaban J connectivity index is 1.97. The monoisotopic (exact) mass is 301 g/mol. The van der Waals surface area contributed by atoms with Crippen LogP contribution in [0.25, 0.3) is 0 Å². The molecule has 0 bridgehead atoms. The van der Waals surface area contributed by atoms with Gasteiger partial charge in [0.25, 0.3) is 5.91 Å². The number of amides is 1. The van der Waals surface area contributed by atoms with Crippen molar-refractivity contribution in [2.45, 2.75) is 26.2 Å². The van der Waals surface area contributed by atoms with Crippen LogP contribution in [0.1, 0.15) is 33.5 Å². The predicted octanol–water partition coefficient (Wildman–Crippen LogP) is 4.04. The van der Waals surface area contributed by atoms with Gasteiger partial charge in [0.1, 0.15) is 11.6 Å². The molecule has 0 aliphatic heterocycles. The molecule has 4 heteroatoms. The van der Waals surface area contributed by atoms with Crippen molar-refractivity contribution in [2.24, 2.45) is 0 Å². The SMILES string of the molecule is Cc1cc(N(C)C(=O)c2ccc(F)c3c2CCC3)ccc1F. The molecule has 1 amide bonds. The molecule has 1 aliphatic rings. The topological polar surface area (TPSA) is 20.3 Å². The number of benzene rings is 2. The number of hydrogen-bond acceptors (Lipinski definition) is 1. The van der Waals surface area contributed by atoms with Crippen LogP contribution in [0.2, 0.25) is 0 Å². The molecule has 0 heterocycles. The van der Waals surface area contributed by atoms with Crippen molar-refractivity contribution in [3.63, 3.8) is 0 Å². The minimum atomic E-state index is -0.299. The molecule has 0 radical (unpaired) electrons. The van der Waals surface area contributed by atoms with Crippen LogP contribution < -0.4 is 4.90 Å². The van der Waals surface area contributed by atoms with Gasteiger partial charge in [-0.25, -0.2) is 8.78 Å². The quantitative estimate of drug-likeness (QED) is 0.820. The summed E-state index contributed by atoms with van der Waals surface area (Å²) in [5.41, 5.74) is 3.13. The maximum absolute atomic E-state index is 13.8. The summed E-state index contributed by atoms with van der Waals surface area (Å²) in [6, 6.07) is 7.47. The summed E-state index contributed by atoms with van der Waals surface area (Å²) in [7, 11) is 1.65. The first-order chi connectivity index (χ1) is 10.5. The van der Waals surface area contributed by atoms with E-state index in [4.69, 9.17) is 0 Å². The Morgan fingerprint density at radius 1 is 1.05 bits per heavy atom. The van der Waals surface area contributed by atoms with Crippen LogP contribution >= 0.6 is 0 Å². The molecule has 2 nitrogen and oxygen atoms in total. The molecule has 0 saturated carbocycles. The van der Waals surface area contributed by atoms with Gasteiger partial charge in [0.2, 0.25) is 0 Å². The summed E-state index contributed by atoms with van der Waals surface area (Å²) in [6.07, 6.45) is 2.28. The van der Waals surface area contributed by atoms with Crippen molar-refractivity contribution in [1.82, 2.24) is 0 Å². The van der Waals surface area contributed by atoms with Gasteiger partial charge >= 0.3 is 0 Å². The van der Waals surface area contributed by atoms with E-state index in [-0.39, 0.29) is 17.5 Å². The van der Waals surface area contributed by atoms with Gasteiger partial charge in [0, 0.05) is 18.3 Å². The Kier molecular flexibility index (Phi) is 3.69. The highest BCUT2D eigenvalue weighted by Crippen LogP contribution is 2.29. The van der Waals surface area contributed by atoms with E-state index in [1.54, 1.807) is 32.2 Å². The van der Waals surface area contributed by atoms with Crippen LogP contribution in [0.15, 0.2) is 30.3 Å². The van der Waals surface area contributed by atoms with Crippen molar-refractivity contribution < 1.29 is 13.6 Å². The van der Waals surface area contributed by atoms with Crippen LogP contribution in [-0.4, -0.2) is 13.0 Å².